The summed E-state index contributed by atoms with van der Waals surface area (Å²) in [5.41, 5.74) is 1.80. The number of nitrogens with one attached hydrogen (secondary N) is 1. The average molecular weight is 304 g/mol. The van der Waals surface area contributed by atoms with Crippen molar-refractivity contribution in [3.63, 3.8) is 0 Å². The van der Waals surface area contributed by atoms with Crippen molar-refractivity contribution in [2.45, 2.75) is 6.10 Å². The number of hydrogen-bond acceptors (Lipinski definition) is 3. The van der Waals surface area contributed by atoms with Crippen molar-refractivity contribution in [1.82, 2.24) is 5.32 Å². The van der Waals surface area contributed by atoms with E-state index in [1.165, 1.54) is 0 Å². The number of carbonyl (C=O) groups excluding carboxylic acids is 1. The number of fused-ring (bicyclic) bond motifs is 1. The molecule has 1 heterocycles. The van der Waals surface area contributed by atoms with Crippen molar-refractivity contribution in [2.75, 3.05) is 13.2 Å². The lowest BCUT2D eigenvalue weighted by atomic mass is 9.99. The van der Waals surface area contributed by atoms with E-state index in [1.807, 2.05) is 0 Å². The molecule has 21 heavy (non-hydrogen) atoms. The topological polar surface area (TPSA) is 58.6 Å². The molecule has 4 nitrogen and oxygen atoms in total. The van der Waals surface area contributed by atoms with E-state index >= 15 is 0 Å². The molecule has 1 aliphatic rings. The number of aliphatic hydroxyl groups is 1. The molecule has 0 fully saturated rings. The normalized spacial score (nSPS) is 15.4. The third kappa shape index (κ3) is 2.86. The first-order valence-electron chi connectivity index (χ1n) is 6.63. The Morgan fingerprint density at radius 2 is 1.86 bits per heavy atom. The SMILES string of the molecule is O=C1NCCOc2ccc(C(O)c3ccc(Cl)cc3)cc21. The van der Waals surface area contributed by atoms with Gasteiger partial charge in [-0.3, -0.25) is 4.79 Å². The van der Waals surface area contributed by atoms with E-state index < -0.39 is 6.10 Å². The molecule has 0 saturated carbocycles. The van der Waals surface area contributed by atoms with Gasteiger partial charge in [-0.15, -0.1) is 0 Å². The number of hydrogen-bond donors (Lipinski definition) is 2. The number of ether oxygens (including phenoxy) is 1. The summed E-state index contributed by atoms with van der Waals surface area (Å²) in [7, 11) is 0. The predicted molar refractivity (Wildman–Crippen MR) is 79.8 cm³/mol. The van der Waals surface area contributed by atoms with Gasteiger partial charge in [-0.1, -0.05) is 29.8 Å². The zero-order chi connectivity index (χ0) is 14.8. The van der Waals surface area contributed by atoms with Crippen LogP contribution >= 0.6 is 11.6 Å². The monoisotopic (exact) mass is 303 g/mol. The molecule has 0 radical (unpaired) electrons. The summed E-state index contributed by atoms with van der Waals surface area (Å²) in [4.78, 5) is 12.0. The zero-order valence-corrected chi connectivity index (χ0v) is 11.9. The van der Waals surface area contributed by atoms with Crippen LogP contribution in [0.5, 0.6) is 5.75 Å². The maximum absolute atomic E-state index is 12.0. The van der Waals surface area contributed by atoms with Gasteiger partial charge >= 0.3 is 0 Å². The highest BCUT2D eigenvalue weighted by Crippen LogP contribution is 2.28. The summed E-state index contributed by atoms with van der Waals surface area (Å²) >= 11 is 5.84. The molecule has 2 N–H and O–H groups in total. The van der Waals surface area contributed by atoms with Gasteiger partial charge in [0.05, 0.1) is 12.1 Å². The average Bonchev–Trinajstić information content (AvgIpc) is 2.69. The summed E-state index contributed by atoms with van der Waals surface area (Å²) in [5.74, 6) is 0.352. The highest BCUT2D eigenvalue weighted by Gasteiger charge is 2.19. The molecule has 1 aliphatic heterocycles. The van der Waals surface area contributed by atoms with Crippen LogP contribution in [0.25, 0.3) is 0 Å². The first kappa shape index (κ1) is 13.9. The first-order valence-corrected chi connectivity index (χ1v) is 7.01. The van der Waals surface area contributed by atoms with Gasteiger partial charge in [-0.2, -0.15) is 0 Å². The highest BCUT2D eigenvalue weighted by atomic mass is 35.5. The quantitative estimate of drug-likeness (QED) is 0.896. The Morgan fingerprint density at radius 1 is 1.14 bits per heavy atom. The molecule has 0 spiro atoms. The molecule has 3 rings (SSSR count). The highest BCUT2D eigenvalue weighted by molar-refractivity contribution is 6.30. The lowest BCUT2D eigenvalue weighted by Crippen LogP contribution is -2.24. The van der Waals surface area contributed by atoms with E-state index in [9.17, 15) is 9.90 Å². The lowest BCUT2D eigenvalue weighted by molar-refractivity contribution is 0.0957. The molecule has 1 atom stereocenters. The van der Waals surface area contributed by atoms with Crippen LogP contribution in [0.15, 0.2) is 42.5 Å². The van der Waals surface area contributed by atoms with E-state index in [0.29, 0.717) is 40.6 Å². The van der Waals surface area contributed by atoms with Crippen molar-refractivity contribution in [1.29, 1.82) is 0 Å². The Morgan fingerprint density at radius 3 is 2.62 bits per heavy atom. The fraction of sp³-hybridized carbons (Fsp3) is 0.188. The molecule has 0 aliphatic carbocycles. The predicted octanol–water partition coefficient (Wildman–Crippen LogP) is 2.54. The van der Waals surface area contributed by atoms with Crippen LogP contribution in [0.1, 0.15) is 27.6 Å². The zero-order valence-electron chi connectivity index (χ0n) is 11.2. The third-order valence-electron chi connectivity index (χ3n) is 3.39. The van der Waals surface area contributed by atoms with Gasteiger partial charge in [0.15, 0.2) is 0 Å². The van der Waals surface area contributed by atoms with Crippen LogP contribution in [0.4, 0.5) is 0 Å². The Bertz CT molecular complexity index is 670. The van der Waals surface area contributed by atoms with Crippen LogP contribution in [-0.4, -0.2) is 24.2 Å². The van der Waals surface area contributed by atoms with Gasteiger partial charge in [0.25, 0.3) is 5.91 Å². The second-order valence-electron chi connectivity index (χ2n) is 4.81. The number of aliphatic hydroxyl groups excluding tert-OH is 1. The van der Waals surface area contributed by atoms with Crippen LogP contribution in [0.3, 0.4) is 0 Å². The Hall–Kier alpha value is -2.04. The van der Waals surface area contributed by atoms with Crippen molar-refractivity contribution >= 4 is 17.5 Å². The summed E-state index contributed by atoms with van der Waals surface area (Å²) < 4.78 is 5.49. The Labute approximate surface area is 127 Å². The molecular weight excluding hydrogens is 290 g/mol. The van der Waals surface area contributed by atoms with Gasteiger partial charge in [0.2, 0.25) is 0 Å². The lowest BCUT2D eigenvalue weighted by Gasteiger charge is -2.14. The van der Waals surface area contributed by atoms with Gasteiger partial charge in [-0.25, -0.2) is 0 Å². The fourth-order valence-electron chi connectivity index (χ4n) is 2.28. The van der Waals surface area contributed by atoms with E-state index in [1.54, 1.807) is 42.5 Å². The van der Waals surface area contributed by atoms with Crippen molar-refractivity contribution in [2.24, 2.45) is 0 Å². The first-order chi connectivity index (χ1) is 10.1. The molecular formula is C16H14ClNO3. The number of halogens is 1. The molecule has 1 amide bonds. The minimum atomic E-state index is -0.816. The summed E-state index contributed by atoms with van der Waals surface area (Å²) in [6.45, 7) is 0.917. The maximum Gasteiger partial charge on any atom is 0.255 e. The van der Waals surface area contributed by atoms with Gasteiger partial charge < -0.3 is 15.2 Å². The third-order valence-corrected chi connectivity index (χ3v) is 3.65. The standard InChI is InChI=1S/C16H14ClNO3/c17-12-4-1-10(2-5-12)15(19)11-3-6-14-13(9-11)16(20)18-7-8-21-14/h1-6,9,15,19H,7-8H2,(H,18,20). The largest absolute Gasteiger partial charge is 0.491 e. The molecule has 0 aromatic heterocycles. The summed E-state index contributed by atoms with van der Waals surface area (Å²) in [6, 6.07) is 12.1. The number of amides is 1. The summed E-state index contributed by atoms with van der Waals surface area (Å²) in [5, 5.41) is 13.8. The molecule has 2 aromatic rings. The van der Waals surface area contributed by atoms with Crippen LogP contribution in [-0.2, 0) is 0 Å². The molecule has 0 saturated heterocycles. The molecule has 5 heteroatoms. The van der Waals surface area contributed by atoms with Crippen molar-refractivity contribution in [3.8, 4) is 5.75 Å². The fourth-order valence-corrected chi connectivity index (χ4v) is 2.41. The Balaban J connectivity index is 1.96. The molecule has 108 valence electrons. The number of carbonyl (C=O) groups is 1. The number of benzene rings is 2. The van der Waals surface area contributed by atoms with Crippen LogP contribution < -0.4 is 10.1 Å². The second kappa shape index (κ2) is 5.76. The minimum Gasteiger partial charge on any atom is -0.491 e. The van der Waals surface area contributed by atoms with E-state index in [2.05, 4.69) is 5.32 Å². The second-order valence-corrected chi connectivity index (χ2v) is 5.25. The van der Waals surface area contributed by atoms with Crippen LogP contribution in [0.2, 0.25) is 5.02 Å². The van der Waals surface area contributed by atoms with Gasteiger partial charge in [-0.05, 0) is 35.4 Å². The van der Waals surface area contributed by atoms with E-state index in [4.69, 9.17) is 16.3 Å². The van der Waals surface area contributed by atoms with Crippen molar-refractivity contribution in [3.05, 3.63) is 64.2 Å². The number of rotatable bonds is 2. The molecule has 0 bridgehead atoms. The van der Waals surface area contributed by atoms with Gasteiger partial charge in [0.1, 0.15) is 18.5 Å². The minimum absolute atomic E-state index is 0.187. The van der Waals surface area contributed by atoms with Crippen LogP contribution in [0, 0.1) is 0 Å². The van der Waals surface area contributed by atoms with Crippen molar-refractivity contribution < 1.29 is 14.6 Å². The van der Waals surface area contributed by atoms with Gasteiger partial charge in [0, 0.05) is 5.02 Å². The summed E-state index contributed by atoms with van der Waals surface area (Å²) in [6.07, 6.45) is -0.816. The van der Waals surface area contributed by atoms with E-state index in [-0.39, 0.29) is 5.91 Å². The van der Waals surface area contributed by atoms with E-state index in [0.717, 1.165) is 0 Å². The molecule has 2 aromatic carbocycles. The smallest absolute Gasteiger partial charge is 0.255 e. The molecule has 1 unspecified atom stereocenters. The Kier molecular flexibility index (Phi) is 3.82. The maximum atomic E-state index is 12.0.